The number of amides is 1. The fourth-order valence-electron chi connectivity index (χ4n) is 4.04. The molecule has 0 spiro atoms. The average molecular weight is 365 g/mol. The van der Waals surface area contributed by atoms with E-state index in [1.54, 1.807) is 12.4 Å². The normalized spacial score (nSPS) is 21.3. The van der Waals surface area contributed by atoms with Crippen LogP contribution in [0.3, 0.4) is 0 Å². The molecule has 0 unspecified atom stereocenters. The lowest BCUT2D eigenvalue weighted by Crippen LogP contribution is -2.52. The van der Waals surface area contributed by atoms with Crippen LogP contribution < -0.4 is 4.90 Å². The molecule has 1 atom stereocenters. The molecular formula is C21H27N5O. The standard InChI is InChI=1S/C21H27N5O/c27-20(19-8-4-11-26(17-19)21-22-9-5-10-23-21)25-14-12-24(13-15-25)16-18-6-2-1-3-7-18/h1-3,5-7,9-10,19H,4,8,11-17H2/t19-/m1/s1. The van der Waals surface area contributed by atoms with Gasteiger partial charge in [-0.25, -0.2) is 9.97 Å². The molecule has 1 amide bonds. The number of carbonyl (C=O) groups is 1. The van der Waals surface area contributed by atoms with Gasteiger partial charge in [0.05, 0.1) is 5.92 Å². The maximum Gasteiger partial charge on any atom is 0.227 e. The second-order valence-electron chi connectivity index (χ2n) is 7.42. The highest BCUT2D eigenvalue weighted by atomic mass is 16.2. The van der Waals surface area contributed by atoms with Gasteiger partial charge in [-0.15, -0.1) is 0 Å². The topological polar surface area (TPSA) is 52.6 Å². The second-order valence-corrected chi connectivity index (χ2v) is 7.42. The Labute approximate surface area is 160 Å². The Bertz CT molecular complexity index is 731. The molecule has 1 aromatic carbocycles. The van der Waals surface area contributed by atoms with E-state index in [2.05, 4.69) is 48.9 Å². The van der Waals surface area contributed by atoms with E-state index in [1.807, 2.05) is 12.1 Å². The number of piperazine rings is 1. The van der Waals surface area contributed by atoms with Crippen molar-refractivity contribution in [3.8, 4) is 0 Å². The zero-order valence-corrected chi connectivity index (χ0v) is 15.7. The van der Waals surface area contributed by atoms with Crippen molar-refractivity contribution in [2.45, 2.75) is 19.4 Å². The number of piperidine rings is 1. The number of rotatable bonds is 4. The highest BCUT2D eigenvalue weighted by Gasteiger charge is 2.31. The maximum atomic E-state index is 13.0. The van der Waals surface area contributed by atoms with Crippen LogP contribution in [0.25, 0.3) is 0 Å². The zero-order chi connectivity index (χ0) is 18.5. The Morgan fingerprint density at radius 3 is 2.44 bits per heavy atom. The summed E-state index contributed by atoms with van der Waals surface area (Å²) in [7, 11) is 0. The fraction of sp³-hybridized carbons (Fsp3) is 0.476. The van der Waals surface area contributed by atoms with Gasteiger partial charge in [0.15, 0.2) is 0 Å². The lowest BCUT2D eigenvalue weighted by molar-refractivity contribution is -0.137. The number of aromatic nitrogens is 2. The third kappa shape index (κ3) is 4.45. The van der Waals surface area contributed by atoms with Gasteiger partial charge in [-0.2, -0.15) is 0 Å². The number of hydrogen-bond acceptors (Lipinski definition) is 5. The molecule has 2 aliphatic rings. The molecule has 0 aliphatic carbocycles. The largest absolute Gasteiger partial charge is 0.340 e. The number of anilines is 1. The molecule has 6 heteroatoms. The van der Waals surface area contributed by atoms with Gasteiger partial charge in [0.2, 0.25) is 11.9 Å². The van der Waals surface area contributed by atoms with E-state index in [0.717, 1.165) is 64.6 Å². The lowest BCUT2D eigenvalue weighted by atomic mass is 9.96. The molecular weight excluding hydrogens is 338 g/mol. The Morgan fingerprint density at radius 1 is 0.963 bits per heavy atom. The molecule has 0 N–H and O–H groups in total. The predicted octanol–water partition coefficient (Wildman–Crippen LogP) is 2.04. The first kappa shape index (κ1) is 17.9. The summed E-state index contributed by atoms with van der Waals surface area (Å²) in [5, 5.41) is 0. The molecule has 0 bridgehead atoms. The molecule has 1 aromatic heterocycles. The quantitative estimate of drug-likeness (QED) is 0.830. The summed E-state index contributed by atoms with van der Waals surface area (Å²) >= 11 is 0. The summed E-state index contributed by atoms with van der Waals surface area (Å²) < 4.78 is 0. The van der Waals surface area contributed by atoms with Gasteiger partial charge in [-0.1, -0.05) is 30.3 Å². The van der Waals surface area contributed by atoms with E-state index in [4.69, 9.17) is 0 Å². The van der Waals surface area contributed by atoms with Gasteiger partial charge in [0.25, 0.3) is 0 Å². The summed E-state index contributed by atoms with van der Waals surface area (Å²) in [6, 6.07) is 12.4. The van der Waals surface area contributed by atoms with Crippen LogP contribution >= 0.6 is 0 Å². The first-order valence-electron chi connectivity index (χ1n) is 9.86. The minimum absolute atomic E-state index is 0.0585. The number of benzene rings is 1. The Balaban J connectivity index is 1.30. The summed E-state index contributed by atoms with van der Waals surface area (Å²) in [5.41, 5.74) is 1.34. The average Bonchev–Trinajstić information content (AvgIpc) is 2.75. The van der Waals surface area contributed by atoms with Crippen molar-refractivity contribution in [1.82, 2.24) is 19.8 Å². The van der Waals surface area contributed by atoms with Gasteiger partial charge < -0.3 is 9.80 Å². The van der Waals surface area contributed by atoms with E-state index in [-0.39, 0.29) is 5.92 Å². The first-order valence-corrected chi connectivity index (χ1v) is 9.86. The Morgan fingerprint density at radius 2 is 1.70 bits per heavy atom. The Kier molecular flexibility index (Phi) is 5.63. The smallest absolute Gasteiger partial charge is 0.227 e. The van der Waals surface area contributed by atoms with Gasteiger partial charge in [0, 0.05) is 58.2 Å². The van der Waals surface area contributed by atoms with Crippen molar-refractivity contribution < 1.29 is 4.79 Å². The third-order valence-corrected chi connectivity index (χ3v) is 5.54. The molecule has 6 nitrogen and oxygen atoms in total. The molecule has 0 saturated carbocycles. The monoisotopic (exact) mass is 365 g/mol. The highest BCUT2D eigenvalue weighted by Crippen LogP contribution is 2.22. The summed E-state index contributed by atoms with van der Waals surface area (Å²) in [4.78, 5) is 28.4. The molecule has 3 heterocycles. The van der Waals surface area contributed by atoms with Gasteiger partial charge in [0.1, 0.15) is 0 Å². The van der Waals surface area contributed by atoms with E-state index < -0.39 is 0 Å². The van der Waals surface area contributed by atoms with E-state index >= 15 is 0 Å². The molecule has 4 rings (SSSR count). The van der Waals surface area contributed by atoms with Gasteiger partial charge in [-0.05, 0) is 24.5 Å². The summed E-state index contributed by atoms with van der Waals surface area (Å²) in [6.45, 7) is 6.16. The van der Waals surface area contributed by atoms with Crippen molar-refractivity contribution in [2.75, 3.05) is 44.2 Å². The van der Waals surface area contributed by atoms with E-state index in [0.29, 0.717) is 5.91 Å². The van der Waals surface area contributed by atoms with Crippen LogP contribution in [0.15, 0.2) is 48.8 Å². The van der Waals surface area contributed by atoms with Crippen LogP contribution in [0.1, 0.15) is 18.4 Å². The van der Waals surface area contributed by atoms with E-state index in [1.165, 1.54) is 5.56 Å². The fourth-order valence-corrected chi connectivity index (χ4v) is 4.04. The van der Waals surface area contributed by atoms with Crippen LogP contribution in [-0.2, 0) is 11.3 Å². The highest BCUT2D eigenvalue weighted by molar-refractivity contribution is 5.79. The van der Waals surface area contributed by atoms with Crippen LogP contribution in [0.4, 0.5) is 5.95 Å². The van der Waals surface area contributed by atoms with Crippen LogP contribution in [-0.4, -0.2) is 64.9 Å². The second kappa shape index (κ2) is 8.48. The molecule has 2 aromatic rings. The SMILES string of the molecule is O=C([C@@H]1CCCN(c2ncccn2)C1)N1CCN(Cc2ccccc2)CC1. The van der Waals surface area contributed by atoms with Crippen LogP contribution in [0.5, 0.6) is 0 Å². The van der Waals surface area contributed by atoms with Crippen molar-refractivity contribution in [3.63, 3.8) is 0 Å². The number of carbonyl (C=O) groups excluding carboxylic acids is 1. The van der Waals surface area contributed by atoms with E-state index in [9.17, 15) is 4.79 Å². The zero-order valence-electron chi connectivity index (χ0n) is 15.7. The number of hydrogen-bond donors (Lipinski definition) is 0. The molecule has 2 fully saturated rings. The molecule has 2 aliphatic heterocycles. The molecule has 142 valence electrons. The van der Waals surface area contributed by atoms with Crippen molar-refractivity contribution in [1.29, 1.82) is 0 Å². The minimum atomic E-state index is 0.0585. The van der Waals surface area contributed by atoms with Crippen molar-refractivity contribution >= 4 is 11.9 Å². The maximum absolute atomic E-state index is 13.0. The predicted molar refractivity (Wildman–Crippen MR) is 105 cm³/mol. The van der Waals surface area contributed by atoms with Crippen LogP contribution in [0.2, 0.25) is 0 Å². The lowest BCUT2D eigenvalue weighted by Gasteiger charge is -2.39. The van der Waals surface area contributed by atoms with Gasteiger partial charge in [-0.3, -0.25) is 9.69 Å². The summed E-state index contributed by atoms with van der Waals surface area (Å²) in [6.07, 6.45) is 5.51. The summed E-state index contributed by atoms with van der Waals surface area (Å²) in [5.74, 6) is 1.10. The Hall–Kier alpha value is -2.47. The molecule has 27 heavy (non-hydrogen) atoms. The molecule has 2 saturated heterocycles. The van der Waals surface area contributed by atoms with Crippen molar-refractivity contribution in [3.05, 3.63) is 54.4 Å². The third-order valence-electron chi connectivity index (χ3n) is 5.54. The van der Waals surface area contributed by atoms with Crippen molar-refractivity contribution in [2.24, 2.45) is 5.92 Å². The molecule has 0 radical (unpaired) electrons. The van der Waals surface area contributed by atoms with Gasteiger partial charge >= 0.3 is 0 Å². The minimum Gasteiger partial charge on any atom is -0.340 e. The number of nitrogens with zero attached hydrogens (tertiary/aromatic N) is 5. The van der Waals surface area contributed by atoms with Crippen LogP contribution in [0, 0.1) is 5.92 Å². The first-order chi connectivity index (χ1) is 13.3.